The molecule has 0 aromatic carbocycles. The van der Waals surface area contributed by atoms with Gasteiger partial charge < -0.3 is 0 Å². The summed E-state index contributed by atoms with van der Waals surface area (Å²) in [7, 11) is 0. The first kappa shape index (κ1) is 17.7. The summed E-state index contributed by atoms with van der Waals surface area (Å²) in [6, 6.07) is 0.679. The Bertz CT molecular complexity index is 559. The molecule has 5 aliphatic carbocycles. The molecule has 0 heterocycles. The zero-order valence-corrected chi connectivity index (χ0v) is 17.4. The summed E-state index contributed by atoms with van der Waals surface area (Å²) < 4.78 is 0. The average molecular weight is 356 g/mol. The van der Waals surface area contributed by atoms with Crippen molar-refractivity contribution in [1.82, 2.24) is 0 Å². The van der Waals surface area contributed by atoms with Gasteiger partial charge in [0.25, 0.3) is 0 Å². The van der Waals surface area contributed by atoms with Crippen molar-refractivity contribution in [3.63, 3.8) is 0 Å². The van der Waals surface area contributed by atoms with Crippen LogP contribution >= 0.6 is 0 Å². The highest BCUT2D eigenvalue weighted by Gasteiger charge is 2.58. The smallest absolute Gasteiger partial charge is 0.0499 e. The van der Waals surface area contributed by atoms with Gasteiger partial charge >= 0.3 is 0 Å². The second kappa shape index (κ2) is 6.63. The number of hydrogen-bond donors (Lipinski definition) is 0. The first-order valence-electron chi connectivity index (χ1n) is 12.2. The van der Waals surface area contributed by atoms with Crippen molar-refractivity contribution in [2.75, 3.05) is 0 Å². The fourth-order valence-corrected chi connectivity index (χ4v) is 8.73. The average Bonchev–Trinajstić information content (AvgIpc) is 2.98. The van der Waals surface area contributed by atoms with Gasteiger partial charge in [-0.05, 0) is 93.3 Å². The van der Waals surface area contributed by atoms with Gasteiger partial charge in [0.1, 0.15) is 0 Å². The summed E-state index contributed by atoms with van der Waals surface area (Å²) in [4.78, 5) is 5.44. The lowest BCUT2D eigenvalue weighted by Gasteiger charge is -2.60. The van der Waals surface area contributed by atoms with Crippen LogP contribution in [0.1, 0.15) is 110 Å². The standard InChI is InChI=1S/C25H41N/c1-24-16-7-6-8-18(24)11-12-20-21-13-14-23(25(21,2)17-15-22(20)24)26-19-9-4-3-5-10-19/h18-22H,3-17H2,1-2H3/t18-,20-,21-,22-,24+,25-/m1/s1. The molecule has 0 N–H and O–H groups in total. The van der Waals surface area contributed by atoms with Crippen LogP contribution in [-0.2, 0) is 0 Å². The Kier molecular flexibility index (Phi) is 4.52. The van der Waals surface area contributed by atoms with Gasteiger partial charge in [-0.3, -0.25) is 4.99 Å². The first-order chi connectivity index (χ1) is 12.6. The first-order valence-corrected chi connectivity index (χ1v) is 12.2. The molecule has 1 heteroatoms. The third-order valence-electron chi connectivity index (χ3n) is 10.2. The van der Waals surface area contributed by atoms with E-state index < -0.39 is 0 Å². The van der Waals surface area contributed by atoms with E-state index in [2.05, 4.69) is 13.8 Å². The van der Waals surface area contributed by atoms with E-state index in [-0.39, 0.29) is 0 Å². The highest BCUT2D eigenvalue weighted by molar-refractivity contribution is 5.92. The summed E-state index contributed by atoms with van der Waals surface area (Å²) in [5.41, 5.74) is 2.83. The predicted octanol–water partition coefficient (Wildman–Crippen LogP) is 7.19. The molecule has 1 nitrogen and oxygen atoms in total. The normalized spacial score (nSPS) is 50.9. The Morgan fingerprint density at radius 2 is 1.54 bits per heavy atom. The predicted molar refractivity (Wildman–Crippen MR) is 111 cm³/mol. The lowest BCUT2D eigenvalue weighted by atomic mass is 9.45. The fraction of sp³-hybridized carbons (Fsp3) is 0.960. The van der Waals surface area contributed by atoms with Gasteiger partial charge in [0.15, 0.2) is 0 Å². The Morgan fingerprint density at radius 3 is 2.38 bits per heavy atom. The van der Waals surface area contributed by atoms with Gasteiger partial charge in [0.05, 0.1) is 0 Å². The van der Waals surface area contributed by atoms with Crippen LogP contribution < -0.4 is 0 Å². The largest absolute Gasteiger partial charge is 0.290 e. The van der Waals surface area contributed by atoms with Crippen LogP contribution in [0.15, 0.2) is 4.99 Å². The lowest BCUT2D eigenvalue weighted by molar-refractivity contribution is -0.0936. The molecule has 0 unspecified atom stereocenters. The Balaban J connectivity index is 1.39. The quantitative estimate of drug-likeness (QED) is 0.472. The Labute approximate surface area is 161 Å². The highest BCUT2D eigenvalue weighted by Crippen LogP contribution is 2.65. The van der Waals surface area contributed by atoms with Crippen molar-refractivity contribution in [1.29, 1.82) is 0 Å². The maximum absolute atomic E-state index is 5.44. The minimum Gasteiger partial charge on any atom is -0.290 e. The van der Waals surface area contributed by atoms with Crippen molar-refractivity contribution < 1.29 is 0 Å². The molecule has 6 atom stereocenters. The van der Waals surface area contributed by atoms with E-state index in [1.165, 1.54) is 83.5 Å². The van der Waals surface area contributed by atoms with Gasteiger partial charge in [-0.25, -0.2) is 0 Å². The van der Waals surface area contributed by atoms with Crippen LogP contribution in [0, 0.1) is 34.5 Å². The summed E-state index contributed by atoms with van der Waals surface area (Å²) in [6.45, 7) is 5.35. The SMILES string of the molecule is C[C@]12CCCC[C@@H]1CC[C@H]1[C@H]2CC[C@@]2(C)C(=NC3CCCCC3)CC[C@H]12. The minimum absolute atomic E-state index is 0.469. The van der Waals surface area contributed by atoms with Gasteiger partial charge in [0.2, 0.25) is 0 Å². The van der Waals surface area contributed by atoms with E-state index >= 15 is 0 Å². The topological polar surface area (TPSA) is 12.4 Å². The third kappa shape index (κ3) is 2.66. The number of aliphatic imine (C=N–C) groups is 1. The molecule has 146 valence electrons. The highest BCUT2D eigenvalue weighted by atomic mass is 14.8. The van der Waals surface area contributed by atoms with E-state index in [1.807, 2.05) is 0 Å². The monoisotopic (exact) mass is 355 g/mol. The number of hydrogen-bond acceptors (Lipinski definition) is 1. The third-order valence-corrected chi connectivity index (χ3v) is 10.2. The van der Waals surface area contributed by atoms with Gasteiger partial charge in [-0.15, -0.1) is 0 Å². The molecule has 0 aromatic heterocycles. The molecule has 5 rings (SSSR count). The summed E-state index contributed by atoms with van der Waals surface area (Å²) in [5.74, 6) is 4.07. The van der Waals surface area contributed by atoms with Gasteiger partial charge in [0, 0.05) is 17.2 Å². The molecule has 5 aliphatic rings. The Morgan fingerprint density at radius 1 is 0.731 bits per heavy atom. The van der Waals surface area contributed by atoms with E-state index in [0.717, 1.165) is 23.7 Å². The molecule has 0 amide bonds. The minimum atomic E-state index is 0.469. The molecular formula is C25H41N. The van der Waals surface area contributed by atoms with Crippen molar-refractivity contribution >= 4 is 5.71 Å². The molecule has 5 saturated carbocycles. The van der Waals surface area contributed by atoms with Crippen molar-refractivity contribution in [3.8, 4) is 0 Å². The van der Waals surface area contributed by atoms with Crippen LogP contribution in [0.3, 0.4) is 0 Å². The van der Waals surface area contributed by atoms with Gasteiger partial charge in [-0.2, -0.15) is 0 Å². The second-order valence-corrected chi connectivity index (χ2v) is 11.3. The molecule has 0 bridgehead atoms. The molecule has 26 heavy (non-hydrogen) atoms. The maximum atomic E-state index is 5.44. The van der Waals surface area contributed by atoms with E-state index in [9.17, 15) is 0 Å². The summed E-state index contributed by atoms with van der Waals surface area (Å²) in [5, 5.41) is 0. The van der Waals surface area contributed by atoms with E-state index in [4.69, 9.17) is 4.99 Å². The molecule has 0 saturated heterocycles. The number of nitrogens with zero attached hydrogens (tertiary/aromatic N) is 1. The second-order valence-electron chi connectivity index (χ2n) is 11.3. The maximum Gasteiger partial charge on any atom is 0.0499 e. The fourth-order valence-electron chi connectivity index (χ4n) is 8.73. The number of fused-ring (bicyclic) bond motifs is 5. The summed E-state index contributed by atoms with van der Waals surface area (Å²) in [6.07, 6.45) is 22.0. The number of rotatable bonds is 1. The van der Waals surface area contributed by atoms with Crippen LogP contribution in [0.5, 0.6) is 0 Å². The van der Waals surface area contributed by atoms with Crippen LogP contribution in [0.2, 0.25) is 0 Å². The molecule has 0 radical (unpaired) electrons. The zero-order chi connectivity index (χ0) is 17.8. The molecule has 0 spiro atoms. The van der Waals surface area contributed by atoms with E-state index in [1.54, 1.807) is 18.6 Å². The molecule has 0 aromatic rings. The van der Waals surface area contributed by atoms with Crippen LogP contribution in [0.4, 0.5) is 0 Å². The Hall–Kier alpha value is -0.330. The van der Waals surface area contributed by atoms with Crippen molar-refractivity contribution in [2.24, 2.45) is 39.5 Å². The van der Waals surface area contributed by atoms with E-state index in [0.29, 0.717) is 16.9 Å². The van der Waals surface area contributed by atoms with Crippen LogP contribution in [-0.4, -0.2) is 11.8 Å². The molecule has 0 aliphatic heterocycles. The summed E-state index contributed by atoms with van der Waals surface area (Å²) >= 11 is 0. The molecule has 5 fully saturated rings. The molecular weight excluding hydrogens is 314 g/mol. The zero-order valence-electron chi connectivity index (χ0n) is 17.4. The van der Waals surface area contributed by atoms with Crippen molar-refractivity contribution in [3.05, 3.63) is 0 Å². The van der Waals surface area contributed by atoms with Crippen molar-refractivity contribution in [2.45, 2.75) is 116 Å². The van der Waals surface area contributed by atoms with Gasteiger partial charge in [-0.1, -0.05) is 46.0 Å². The lowest BCUT2D eigenvalue weighted by Crippen LogP contribution is -2.52. The van der Waals surface area contributed by atoms with Crippen LogP contribution in [0.25, 0.3) is 0 Å².